The second-order valence-electron chi connectivity index (χ2n) is 7.64. The van der Waals surface area contributed by atoms with Crippen molar-refractivity contribution in [3.63, 3.8) is 0 Å². The van der Waals surface area contributed by atoms with E-state index in [1.54, 1.807) is 0 Å². The lowest BCUT2D eigenvalue weighted by Crippen LogP contribution is -2.50. The molecule has 1 amide bonds. The number of carbonyl (C=O) groups is 1. The predicted octanol–water partition coefficient (Wildman–Crippen LogP) is 2.33. The first-order valence-corrected chi connectivity index (χ1v) is 10.5. The van der Waals surface area contributed by atoms with Crippen LogP contribution < -0.4 is 9.80 Å². The van der Waals surface area contributed by atoms with Crippen LogP contribution in [0.25, 0.3) is 0 Å². The molecule has 7 heteroatoms. The molecule has 0 unspecified atom stereocenters. The highest BCUT2D eigenvalue weighted by Gasteiger charge is 2.22. The molecule has 0 atom stereocenters. The van der Waals surface area contributed by atoms with E-state index in [0.29, 0.717) is 19.7 Å². The number of ether oxygens (including phenoxy) is 1. The van der Waals surface area contributed by atoms with Crippen LogP contribution in [0, 0.1) is 0 Å². The van der Waals surface area contributed by atoms with Gasteiger partial charge in [0.25, 0.3) is 0 Å². The molecule has 0 radical (unpaired) electrons. The molecule has 2 aliphatic heterocycles. The lowest BCUT2D eigenvalue weighted by molar-refractivity contribution is -0.136. The average molecular weight is 396 g/mol. The van der Waals surface area contributed by atoms with Crippen molar-refractivity contribution in [2.45, 2.75) is 25.9 Å². The van der Waals surface area contributed by atoms with Gasteiger partial charge in [-0.2, -0.15) is 0 Å². The fraction of sp³-hybridized carbons (Fsp3) is 0.500. The van der Waals surface area contributed by atoms with Crippen molar-refractivity contribution in [2.75, 3.05) is 55.7 Å². The summed E-state index contributed by atoms with van der Waals surface area (Å²) in [5, 5.41) is 8.87. The van der Waals surface area contributed by atoms with Gasteiger partial charge >= 0.3 is 0 Å². The monoisotopic (exact) mass is 395 g/mol. The highest BCUT2D eigenvalue weighted by atomic mass is 16.5. The third-order valence-corrected chi connectivity index (χ3v) is 5.61. The maximum atomic E-state index is 12.4. The molecule has 2 saturated heterocycles. The number of benzene rings is 1. The Morgan fingerprint density at radius 1 is 0.793 bits per heavy atom. The van der Waals surface area contributed by atoms with Gasteiger partial charge in [0.05, 0.1) is 6.61 Å². The summed E-state index contributed by atoms with van der Waals surface area (Å²) < 4.78 is 5.59. The quantitative estimate of drug-likeness (QED) is 0.748. The normalized spacial score (nSPS) is 17.4. The molecule has 0 aliphatic carbocycles. The average Bonchev–Trinajstić information content (AvgIpc) is 2.80. The number of carbonyl (C=O) groups excluding carboxylic acids is 1. The maximum absolute atomic E-state index is 12.4. The van der Waals surface area contributed by atoms with Crippen molar-refractivity contribution in [3.05, 3.63) is 48.0 Å². The molecule has 154 valence electrons. The van der Waals surface area contributed by atoms with Crippen molar-refractivity contribution >= 4 is 17.5 Å². The van der Waals surface area contributed by atoms with E-state index in [9.17, 15) is 4.79 Å². The molecule has 0 spiro atoms. The Morgan fingerprint density at radius 3 is 2.03 bits per heavy atom. The summed E-state index contributed by atoms with van der Waals surface area (Å²) in [6.45, 7) is 5.63. The lowest BCUT2D eigenvalue weighted by Gasteiger charge is -2.35. The SMILES string of the molecule is O=C(COCc1ccccc1)N1CCN(c2ccc(N3CCCCC3)nn2)CC1. The van der Waals surface area contributed by atoms with E-state index in [4.69, 9.17) is 4.74 Å². The zero-order valence-corrected chi connectivity index (χ0v) is 16.9. The predicted molar refractivity (Wildman–Crippen MR) is 113 cm³/mol. The minimum Gasteiger partial charge on any atom is -0.367 e. The molecule has 3 heterocycles. The molecule has 0 N–H and O–H groups in total. The molecule has 2 fully saturated rings. The van der Waals surface area contributed by atoms with Crippen molar-refractivity contribution in [1.29, 1.82) is 0 Å². The molecular weight excluding hydrogens is 366 g/mol. The standard InChI is InChI=1S/C22H29N5O2/c28-22(18-29-17-19-7-3-1-4-8-19)27-15-13-26(14-16-27)21-10-9-20(23-24-21)25-11-5-2-6-12-25/h1,3-4,7-10H,2,5-6,11-18H2. The van der Waals surface area contributed by atoms with Gasteiger partial charge in [-0.15, -0.1) is 10.2 Å². The summed E-state index contributed by atoms with van der Waals surface area (Å²) in [6.07, 6.45) is 3.77. The third kappa shape index (κ3) is 5.23. The molecule has 29 heavy (non-hydrogen) atoms. The lowest BCUT2D eigenvalue weighted by atomic mass is 10.1. The summed E-state index contributed by atoms with van der Waals surface area (Å²) in [4.78, 5) is 18.8. The van der Waals surface area contributed by atoms with Crippen LogP contribution in [0.1, 0.15) is 24.8 Å². The Kier molecular flexibility index (Phi) is 6.56. The molecule has 0 bridgehead atoms. The molecule has 4 rings (SSSR count). The molecule has 7 nitrogen and oxygen atoms in total. The van der Waals surface area contributed by atoms with E-state index in [-0.39, 0.29) is 12.5 Å². The van der Waals surface area contributed by atoms with Crippen molar-refractivity contribution < 1.29 is 9.53 Å². The maximum Gasteiger partial charge on any atom is 0.248 e. The molecule has 1 aromatic carbocycles. The van der Waals surface area contributed by atoms with Crippen LogP contribution in [0.3, 0.4) is 0 Å². The fourth-order valence-electron chi connectivity index (χ4n) is 3.89. The number of piperidine rings is 1. The minimum absolute atomic E-state index is 0.0483. The number of amides is 1. The van der Waals surface area contributed by atoms with Crippen LogP contribution >= 0.6 is 0 Å². The second kappa shape index (κ2) is 9.69. The van der Waals surface area contributed by atoms with Gasteiger partial charge in [-0.3, -0.25) is 4.79 Å². The first-order chi connectivity index (χ1) is 14.3. The van der Waals surface area contributed by atoms with Gasteiger partial charge in [0.15, 0.2) is 11.6 Å². The number of hydrogen-bond donors (Lipinski definition) is 0. The van der Waals surface area contributed by atoms with Gasteiger partial charge in [0, 0.05) is 39.3 Å². The largest absolute Gasteiger partial charge is 0.367 e. The number of anilines is 2. The fourth-order valence-corrected chi connectivity index (χ4v) is 3.89. The smallest absolute Gasteiger partial charge is 0.248 e. The van der Waals surface area contributed by atoms with Gasteiger partial charge in [0.2, 0.25) is 5.91 Å². The number of hydrogen-bond acceptors (Lipinski definition) is 6. The van der Waals surface area contributed by atoms with E-state index in [0.717, 1.165) is 43.4 Å². The minimum atomic E-state index is 0.0483. The first-order valence-electron chi connectivity index (χ1n) is 10.5. The number of aromatic nitrogens is 2. The van der Waals surface area contributed by atoms with Crippen LogP contribution in [0.15, 0.2) is 42.5 Å². The Balaban J connectivity index is 1.22. The van der Waals surface area contributed by atoms with Crippen LogP contribution in [-0.4, -0.2) is 66.9 Å². The van der Waals surface area contributed by atoms with E-state index in [1.165, 1.54) is 19.3 Å². The van der Waals surface area contributed by atoms with Crippen molar-refractivity contribution in [1.82, 2.24) is 15.1 Å². The molecule has 0 saturated carbocycles. The summed E-state index contributed by atoms with van der Waals surface area (Å²) in [7, 11) is 0. The molecule has 1 aromatic heterocycles. The van der Waals surface area contributed by atoms with E-state index >= 15 is 0 Å². The molecule has 2 aromatic rings. The van der Waals surface area contributed by atoms with Crippen LogP contribution in [0.4, 0.5) is 11.6 Å². The Labute approximate surface area is 172 Å². The summed E-state index contributed by atoms with van der Waals surface area (Å²) in [6, 6.07) is 14.0. The first kappa shape index (κ1) is 19.6. The zero-order valence-electron chi connectivity index (χ0n) is 16.9. The van der Waals surface area contributed by atoms with Crippen LogP contribution in [0.2, 0.25) is 0 Å². The highest BCUT2D eigenvalue weighted by molar-refractivity contribution is 5.77. The second-order valence-corrected chi connectivity index (χ2v) is 7.64. The van der Waals surface area contributed by atoms with Gasteiger partial charge in [-0.05, 0) is 37.0 Å². The van der Waals surface area contributed by atoms with Crippen molar-refractivity contribution in [3.8, 4) is 0 Å². The molecule has 2 aliphatic rings. The van der Waals surface area contributed by atoms with Gasteiger partial charge in [0.1, 0.15) is 6.61 Å². The topological polar surface area (TPSA) is 61.8 Å². The Hall–Kier alpha value is -2.67. The number of rotatable bonds is 6. The zero-order chi connectivity index (χ0) is 19.9. The summed E-state index contributed by atoms with van der Waals surface area (Å²) >= 11 is 0. The number of nitrogens with zero attached hydrogens (tertiary/aromatic N) is 5. The van der Waals surface area contributed by atoms with Gasteiger partial charge in [-0.25, -0.2) is 0 Å². The van der Waals surface area contributed by atoms with E-state index < -0.39 is 0 Å². The Bertz CT molecular complexity index is 770. The van der Waals surface area contributed by atoms with Gasteiger partial charge in [-0.1, -0.05) is 30.3 Å². The molecular formula is C22H29N5O2. The van der Waals surface area contributed by atoms with Gasteiger partial charge < -0.3 is 19.4 Å². The third-order valence-electron chi connectivity index (χ3n) is 5.61. The Morgan fingerprint density at radius 2 is 1.41 bits per heavy atom. The number of piperazine rings is 1. The van der Waals surface area contributed by atoms with Crippen molar-refractivity contribution in [2.24, 2.45) is 0 Å². The summed E-state index contributed by atoms with van der Waals surface area (Å²) in [5.41, 5.74) is 1.08. The highest BCUT2D eigenvalue weighted by Crippen LogP contribution is 2.19. The van der Waals surface area contributed by atoms with E-state index in [1.807, 2.05) is 35.2 Å². The van der Waals surface area contributed by atoms with Crippen LogP contribution in [-0.2, 0) is 16.1 Å². The van der Waals surface area contributed by atoms with Crippen LogP contribution in [0.5, 0.6) is 0 Å². The van der Waals surface area contributed by atoms with E-state index in [2.05, 4.69) is 32.1 Å². The summed E-state index contributed by atoms with van der Waals surface area (Å²) in [5.74, 6) is 1.91.